The zero-order valence-electron chi connectivity index (χ0n) is 10.2. The van der Waals surface area contributed by atoms with Crippen LogP contribution in [0.2, 0.25) is 0 Å². The normalized spacial score (nSPS) is 19.2. The molecule has 1 N–H and O–H groups in total. The van der Waals surface area contributed by atoms with Gasteiger partial charge < -0.3 is 5.32 Å². The fourth-order valence-electron chi connectivity index (χ4n) is 2.17. The molecule has 90 valence electrons. The van der Waals surface area contributed by atoms with E-state index in [0.717, 1.165) is 24.0 Å². The summed E-state index contributed by atoms with van der Waals surface area (Å²) in [5.74, 6) is 7.42. The summed E-state index contributed by atoms with van der Waals surface area (Å²) >= 11 is 0. The lowest BCUT2D eigenvalue weighted by molar-refractivity contribution is 0.449. The van der Waals surface area contributed by atoms with Crippen LogP contribution in [0.15, 0.2) is 30.5 Å². The van der Waals surface area contributed by atoms with E-state index in [1.165, 1.54) is 12.8 Å². The molecule has 0 spiro atoms. The maximum absolute atomic E-state index is 4.45. The van der Waals surface area contributed by atoms with Gasteiger partial charge in [-0.1, -0.05) is 24.1 Å². The number of nitrogens with one attached hydrogen (secondary N) is 1. The van der Waals surface area contributed by atoms with Crippen LogP contribution in [-0.4, -0.2) is 23.1 Å². The van der Waals surface area contributed by atoms with Crippen molar-refractivity contribution in [3.63, 3.8) is 0 Å². The topological polar surface area (TPSA) is 37.8 Å². The molecule has 1 aromatic heterocycles. The SMILES string of the molecule is C(#C[C@H]1CCCNC1)c1ncc2ccccc2n1. The lowest BCUT2D eigenvalue weighted by Gasteiger charge is -2.17. The number of hydrogen-bond donors (Lipinski definition) is 1. The molecular weight excluding hydrogens is 222 g/mol. The maximum atomic E-state index is 4.45. The third kappa shape index (κ3) is 2.49. The quantitative estimate of drug-likeness (QED) is 0.712. The second kappa shape index (κ2) is 5.16. The van der Waals surface area contributed by atoms with Crippen molar-refractivity contribution >= 4 is 10.9 Å². The van der Waals surface area contributed by atoms with Crippen LogP contribution in [0.1, 0.15) is 18.7 Å². The molecule has 3 heteroatoms. The van der Waals surface area contributed by atoms with Gasteiger partial charge in [-0.2, -0.15) is 0 Å². The Morgan fingerprint density at radius 3 is 3.11 bits per heavy atom. The van der Waals surface area contributed by atoms with E-state index in [1.807, 2.05) is 30.5 Å². The van der Waals surface area contributed by atoms with Gasteiger partial charge in [-0.05, 0) is 31.4 Å². The number of para-hydroxylation sites is 1. The number of fused-ring (bicyclic) bond motifs is 1. The van der Waals surface area contributed by atoms with Crippen molar-refractivity contribution in [1.82, 2.24) is 15.3 Å². The van der Waals surface area contributed by atoms with Crippen LogP contribution in [0.25, 0.3) is 10.9 Å². The highest BCUT2D eigenvalue weighted by atomic mass is 14.9. The Hall–Kier alpha value is -1.92. The van der Waals surface area contributed by atoms with E-state index >= 15 is 0 Å². The van der Waals surface area contributed by atoms with Crippen molar-refractivity contribution in [3.8, 4) is 11.8 Å². The number of piperidine rings is 1. The highest BCUT2D eigenvalue weighted by Gasteiger charge is 2.09. The van der Waals surface area contributed by atoms with Crippen LogP contribution in [0, 0.1) is 17.8 Å². The van der Waals surface area contributed by atoms with Crippen LogP contribution in [0.5, 0.6) is 0 Å². The van der Waals surface area contributed by atoms with Crippen LogP contribution in [0.4, 0.5) is 0 Å². The first-order chi connectivity index (χ1) is 8.92. The molecule has 1 fully saturated rings. The van der Waals surface area contributed by atoms with Crippen LogP contribution in [-0.2, 0) is 0 Å². The van der Waals surface area contributed by atoms with Gasteiger partial charge in [0.1, 0.15) is 0 Å². The van der Waals surface area contributed by atoms with Crippen molar-refractivity contribution in [2.75, 3.05) is 13.1 Å². The van der Waals surface area contributed by atoms with E-state index in [-0.39, 0.29) is 0 Å². The molecule has 2 aromatic rings. The number of rotatable bonds is 0. The minimum absolute atomic E-state index is 0.439. The first-order valence-electron chi connectivity index (χ1n) is 6.36. The Labute approximate surface area is 107 Å². The molecule has 1 aliphatic rings. The molecule has 0 radical (unpaired) electrons. The molecule has 0 saturated carbocycles. The Balaban J connectivity index is 1.84. The molecule has 0 bridgehead atoms. The first-order valence-corrected chi connectivity index (χ1v) is 6.36. The number of hydrogen-bond acceptors (Lipinski definition) is 3. The van der Waals surface area contributed by atoms with Gasteiger partial charge >= 0.3 is 0 Å². The standard InChI is InChI=1S/C15H15N3/c1-2-6-14-13(5-1)11-17-15(18-14)8-7-12-4-3-9-16-10-12/h1-2,5-6,11-12,16H,3-4,9-10H2/t12-/m1/s1. The lowest BCUT2D eigenvalue weighted by Crippen LogP contribution is -2.28. The van der Waals surface area contributed by atoms with Crippen LogP contribution >= 0.6 is 0 Å². The Morgan fingerprint density at radius 1 is 1.28 bits per heavy atom. The average molecular weight is 237 g/mol. The Morgan fingerprint density at radius 2 is 2.22 bits per heavy atom. The smallest absolute Gasteiger partial charge is 0.205 e. The summed E-state index contributed by atoms with van der Waals surface area (Å²) < 4.78 is 0. The van der Waals surface area contributed by atoms with E-state index < -0.39 is 0 Å². The van der Waals surface area contributed by atoms with Crippen molar-refractivity contribution in [1.29, 1.82) is 0 Å². The zero-order chi connectivity index (χ0) is 12.2. The molecule has 1 saturated heterocycles. The summed E-state index contributed by atoms with van der Waals surface area (Å²) in [6, 6.07) is 7.98. The van der Waals surface area contributed by atoms with Gasteiger partial charge in [0.05, 0.1) is 5.52 Å². The Kier molecular flexibility index (Phi) is 3.20. The van der Waals surface area contributed by atoms with Crippen molar-refractivity contribution in [2.45, 2.75) is 12.8 Å². The summed E-state index contributed by atoms with van der Waals surface area (Å²) in [5, 5.41) is 4.42. The summed E-state index contributed by atoms with van der Waals surface area (Å²) in [7, 11) is 0. The van der Waals surface area contributed by atoms with Crippen molar-refractivity contribution < 1.29 is 0 Å². The minimum Gasteiger partial charge on any atom is -0.316 e. The van der Waals surface area contributed by atoms with Crippen LogP contribution < -0.4 is 5.32 Å². The van der Waals surface area contributed by atoms with Gasteiger partial charge in [0.2, 0.25) is 5.82 Å². The van der Waals surface area contributed by atoms with Gasteiger partial charge in [-0.25, -0.2) is 9.97 Å². The van der Waals surface area contributed by atoms with Gasteiger partial charge in [0, 0.05) is 24.0 Å². The predicted molar refractivity (Wildman–Crippen MR) is 72.0 cm³/mol. The van der Waals surface area contributed by atoms with E-state index in [4.69, 9.17) is 0 Å². The number of benzene rings is 1. The van der Waals surface area contributed by atoms with Crippen molar-refractivity contribution in [2.24, 2.45) is 5.92 Å². The van der Waals surface area contributed by atoms with Gasteiger partial charge in [0.15, 0.2) is 0 Å². The molecular formula is C15H15N3. The summed E-state index contributed by atoms with van der Waals surface area (Å²) in [6.07, 6.45) is 4.22. The minimum atomic E-state index is 0.439. The summed E-state index contributed by atoms with van der Waals surface area (Å²) in [5.41, 5.74) is 0.957. The maximum Gasteiger partial charge on any atom is 0.205 e. The third-order valence-electron chi connectivity index (χ3n) is 3.17. The van der Waals surface area contributed by atoms with E-state index in [9.17, 15) is 0 Å². The monoisotopic (exact) mass is 237 g/mol. The molecule has 1 aromatic carbocycles. The average Bonchev–Trinajstić information content (AvgIpc) is 2.46. The van der Waals surface area contributed by atoms with Crippen LogP contribution in [0.3, 0.4) is 0 Å². The zero-order valence-corrected chi connectivity index (χ0v) is 10.2. The van der Waals surface area contributed by atoms with Gasteiger partial charge in [-0.3, -0.25) is 0 Å². The fourth-order valence-corrected chi connectivity index (χ4v) is 2.17. The highest BCUT2D eigenvalue weighted by molar-refractivity contribution is 5.77. The van der Waals surface area contributed by atoms with Gasteiger partial charge in [-0.15, -0.1) is 0 Å². The van der Waals surface area contributed by atoms with E-state index in [0.29, 0.717) is 11.7 Å². The number of nitrogens with zero attached hydrogens (tertiary/aromatic N) is 2. The molecule has 0 amide bonds. The number of aromatic nitrogens is 2. The van der Waals surface area contributed by atoms with E-state index in [1.54, 1.807) is 0 Å². The molecule has 2 heterocycles. The van der Waals surface area contributed by atoms with Crippen molar-refractivity contribution in [3.05, 3.63) is 36.3 Å². The molecule has 1 atom stereocenters. The third-order valence-corrected chi connectivity index (χ3v) is 3.17. The molecule has 3 rings (SSSR count). The summed E-state index contributed by atoms with van der Waals surface area (Å²) in [6.45, 7) is 2.10. The molecule has 18 heavy (non-hydrogen) atoms. The second-order valence-electron chi connectivity index (χ2n) is 4.57. The highest BCUT2D eigenvalue weighted by Crippen LogP contribution is 2.10. The van der Waals surface area contributed by atoms with Gasteiger partial charge in [0.25, 0.3) is 0 Å². The second-order valence-corrected chi connectivity index (χ2v) is 4.57. The summed E-state index contributed by atoms with van der Waals surface area (Å²) in [4.78, 5) is 8.74. The fraction of sp³-hybridized carbons (Fsp3) is 0.333. The molecule has 0 unspecified atom stereocenters. The lowest BCUT2D eigenvalue weighted by atomic mass is 10.0. The first kappa shape index (κ1) is 11.2. The Bertz CT molecular complexity index is 604. The largest absolute Gasteiger partial charge is 0.316 e. The van der Waals surface area contributed by atoms with E-state index in [2.05, 4.69) is 27.1 Å². The molecule has 1 aliphatic heterocycles. The molecule has 0 aliphatic carbocycles. The predicted octanol–water partition coefficient (Wildman–Crippen LogP) is 1.98. The molecule has 3 nitrogen and oxygen atoms in total.